The average Bonchev–Trinajstić information content (AvgIpc) is 2.20. The molecule has 0 bridgehead atoms. The van der Waals surface area contributed by atoms with Gasteiger partial charge in [0.05, 0.1) is 0 Å². The first-order valence-corrected chi connectivity index (χ1v) is 6.81. The number of carbonyl (C=O) groups excluding carboxylic acids is 1. The van der Waals surface area contributed by atoms with Gasteiger partial charge in [-0.1, -0.05) is 35.4 Å². The van der Waals surface area contributed by atoms with E-state index in [1.807, 2.05) is 0 Å². The van der Waals surface area contributed by atoms with Gasteiger partial charge in [0.1, 0.15) is 5.82 Å². The summed E-state index contributed by atoms with van der Waals surface area (Å²) in [5.74, 6) is -0.0633. The van der Waals surface area contributed by atoms with Gasteiger partial charge in [0, 0.05) is 10.9 Å². The molecule has 0 aromatic heterocycles. The van der Waals surface area contributed by atoms with Crippen LogP contribution < -0.4 is 0 Å². The van der Waals surface area contributed by atoms with Crippen LogP contribution in [0.5, 0.6) is 0 Å². The highest BCUT2D eigenvalue weighted by Crippen LogP contribution is 2.35. The van der Waals surface area contributed by atoms with E-state index in [1.54, 1.807) is 18.2 Å². The number of hydrogen-bond donors (Lipinski definition) is 0. The molecule has 0 N–H and O–H groups in total. The molecule has 0 spiro atoms. The van der Waals surface area contributed by atoms with E-state index in [4.69, 9.17) is 0 Å². The quantitative estimate of drug-likeness (QED) is 0.789. The summed E-state index contributed by atoms with van der Waals surface area (Å²) in [5, 5.41) is 0. The van der Waals surface area contributed by atoms with Crippen LogP contribution in [0.15, 0.2) is 34.3 Å². The molecular weight excluding hydrogens is 295 g/mol. The highest BCUT2D eigenvalue weighted by atomic mass is 79.9. The standard InChI is InChI=1S/C15H16BrFO/c1-15(2)8-10(6-13(18)9-15)5-11-7-12(16)3-4-14(11)17/h3-4,6-7H,5,8-9H2,1-2H3. The third-order valence-electron chi connectivity index (χ3n) is 3.15. The highest BCUT2D eigenvalue weighted by Gasteiger charge is 2.27. The Hall–Kier alpha value is -0.960. The fourth-order valence-corrected chi connectivity index (χ4v) is 2.92. The number of ketones is 1. The first-order valence-electron chi connectivity index (χ1n) is 6.02. The Morgan fingerprint density at radius 3 is 2.72 bits per heavy atom. The topological polar surface area (TPSA) is 17.1 Å². The summed E-state index contributed by atoms with van der Waals surface area (Å²) in [5.41, 5.74) is 1.65. The molecular formula is C15H16BrFO. The molecule has 0 aliphatic heterocycles. The van der Waals surface area contributed by atoms with Gasteiger partial charge in [0.25, 0.3) is 0 Å². The number of benzene rings is 1. The maximum Gasteiger partial charge on any atom is 0.156 e. The van der Waals surface area contributed by atoms with Crippen molar-refractivity contribution in [1.29, 1.82) is 0 Å². The number of halogens is 2. The van der Waals surface area contributed by atoms with Crippen molar-refractivity contribution in [2.45, 2.75) is 33.1 Å². The zero-order valence-corrected chi connectivity index (χ0v) is 12.2. The van der Waals surface area contributed by atoms with Crippen LogP contribution in [0.1, 0.15) is 32.3 Å². The Morgan fingerprint density at radius 1 is 1.33 bits per heavy atom. The van der Waals surface area contributed by atoms with Crippen LogP contribution in [0, 0.1) is 11.2 Å². The average molecular weight is 311 g/mol. The van der Waals surface area contributed by atoms with Gasteiger partial charge in [-0.05, 0) is 48.1 Å². The van der Waals surface area contributed by atoms with Crippen molar-refractivity contribution in [2.24, 2.45) is 5.41 Å². The van der Waals surface area contributed by atoms with Gasteiger partial charge in [-0.2, -0.15) is 0 Å². The molecule has 0 saturated carbocycles. The minimum Gasteiger partial charge on any atom is -0.295 e. The maximum atomic E-state index is 13.7. The number of carbonyl (C=O) groups is 1. The molecule has 2 rings (SSSR count). The molecule has 0 amide bonds. The van der Waals surface area contributed by atoms with E-state index < -0.39 is 0 Å². The van der Waals surface area contributed by atoms with Crippen LogP contribution in [0.4, 0.5) is 4.39 Å². The molecule has 18 heavy (non-hydrogen) atoms. The molecule has 0 heterocycles. The van der Waals surface area contributed by atoms with Crippen LogP contribution in [0.2, 0.25) is 0 Å². The minimum absolute atomic E-state index is 0.0103. The molecule has 0 fully saturated rings. The Bertz CT molecular complexity index is 517. The van der Waals surface area contributed by atoms with E-state index in [0.717, 1.165) is 16.5 Å². The van der Waals surface area contributed by atoms with Gasteiger partial charge in [-0.15, -0.1) is 0 Å². The first kappa shape index (κ1) is 13.5. The van der Waals surface area contributed by atoms with Crippen molar-refractivity contribution in [2.75, 3.05) is 0 Å². The molecule has 0 atom stereocenters. The molecule has 1 aromatic rings. The highest BCUT2D eigenvalue weighted by molar-refractivity contribution is 9.10. The van der Waals surface area contributed by atoms with Crippen LogP contribution in [0.3, 0.4) is 0 Å². The van der Waals surface area contributed by atoms with Crippen molar-refractivity contribution in [3.05, 3.63) is 45.7 Å². The lowest BCUT2D eigenvalue weighted by molar-refractivity contribution is -0.117. The van der Waals surface area contributed by atoms with E-state index in [-0.39, 0.29) is 17.0 Å². The van der Waals surface area contributed by atoms with E-state index >= 15 is 0 Å². The normalized spacial score (nSPS) is 18.7. The summed E-state index contributed by atoms with van der Waals surface area (Å²) in [6.07, 6.45) is 3.63. The van der Waals surface area contributed by atoms with Gasteiger partial charge in [-0.3, -0.25) is 4.79 Å². The SMILES string of the molecule is CC1(C)CC(=O)C=C(Cc2cc(Br)ccc2F)C1. The van der Waals surface area contributed by atoms with E-state index in [0.29, 0.717) is 18.4 Å². The zero-order chi connectivity index (χ0) is 13.3. The van der Waals surface area contributed by atoms with Gasteiger partial charge >= 0.3 is 0 Å². The van der Waals surface area contributed by atoms with Crippen LogP contribution >= 0.6 is 15.9 Å². The van der Waals surface area contributed by atoms with E-state index in [1.165, 1.54) is 6.07 Å². The largest absolute Gasteiger partial charge is 0.295 e. The molecule has 1 aromatic carbocycles. The van der Waals surface area contributed by atoms with Gasteiger partial charge in [0.2, 0.25) is 0 Å². The molecule has 3 heteroatoms. The molecule has 1 aliphatic carbocycles. The summed E-state index contributed by atoms with van der Waals surface area (Å²) in [6.45, 7) is 4.16. The zero-order valence-electron chi connectivity index (χ0n) is 10.6. The van der Waals surface area contributed by atoms with Crippen molar-refractivity contribution in [3.63, 3.8) is 0 Å². The Balaban J connectivity index is 2.24. The fourth-order valence-electron chi connectivity index (χ4n) is 2.52. The predicted octanol–water partition coefficient (Wildman–Crippen LogP) is 4.45. The second-order valence-electron chi connectivity index (χ2n) is 5.70. The maximum absolute atomic E-state index is 13.7. The number of rotatable bonds is 2. The lowest BCUT2D eigenvalue weighted by Crippen LogP contribution is -2.22. The lowest BCUT2D eigenvalue weighted by atomic mass is 9.75. The Morgan fingerprint density at radius 2 is 2.06 bits per heavy atom. The molecule has 1 nitrogen and oxygen atoms in total. The first-order chi connectivity index (χ1) is 8.35. The van der Waals surface area contributed by atoms with Crippen molar-refractivity contribution < 1.29 is 9.18 Å². The third-order valence-corrected chi connectivity index (χ3v) is 3.64. The molecule has 96 valence electrons. The fraction of sp³-hybridized carbons (Fsp3) is 0.400. The van der Waals surface area contributed by atoms with E-state index in [9.17, 15) is 9.18 Å². The number of allylic oxidation sites excluding steroid dienone is 2. The van der Waals surface area contributed by atoms with Gasteiger partial charge < -0.3 is 0 Å². The van der Waals surface area contributed by atoms with Crippen LogP contribution in [-0.4, -0.2) is 5.78 Å². The third kappa shape index (κ3) is 3.29. The number of hydrogen-bond acceptors (Lipinski definition) is 1. The summed E-state index contributed by atoms with van der Waals surface area (Å²) >= 11 is 3.34. The van der Waals surface area contributed by atoms with Gasteiger partial charge in [0.15, 0.2) is 5.78 Å². The molecule has 1 aliphatic rings. The second-order valence-corrected chi connectivity index (χ2v) is 6.61. The Kier molecular flexibility index (Phi) is 3.71. The molecule has 0 saturated heterocycles. The second kappa shape index (κ2) is 4.96. The van der Waals surface area contributed by atoms with Crippen molar-refractivity contribution >= 4 is 21.7 Å². The molecule has 0 radical (unpaired) electrons. The van der Waals surface area contributed by atoms with Gasteiger partial charge in [-0.25, -0.2) is 4.39 Å². The summed E-state index contributed by atoms with van der Waals surface area (Å²) in [4.78, 5) is 11.7. The smallest absolute Gasteiger partial charge is 0.156 e. The lowest BCUT2D eigenvalue weighted by Gasteiger charge is -2.29. The summed E-state index contributed by atoms with van der Waals surface area (Å²) < 4.78 is 14.5. The van der Waals surface area contributed by atoms with Crippen molar-refractivity contribution in [1.82, 2.24) is 0 Å². The minimum atomic E-state index is -0.213. The monoisotopic (exact) mass is 310 g/mol. The van der Waals surface area contributed by atoms with E-state index in [2.05, 4.69) is 29.8 Å². The molecule has 0 unspecified atom stereocenters. The van der Waals surface area contributed by atoms with Crippen LogP contribution in [0.25, 0.3) is 0 Å². The van der Waals surface area contributed by atoms with Crippen molar-refractivity contribution in [3.8, 4) is 0 Å². The Labute approximate surface area is 115 Å². The summed E-state index contributed by atoms with van der Waals surface area (Å²) in [6, 6.07) is 4.92. The van der Waals surface area contributed by atoms with Crippen LogP contribution in [-0.2, 0) is 11.2 Å². The summed E-state index contributed by atoms with van der Waals surface area (Å²) in [7, 11) is 0. The predicted molar refractivity (Wildman–Crippen MR) is 73.9 cm³/mol.